The highest BCUT2D eigenvalue weighted by atomic mass is 16.5. The molecule has 0 radical (unpaired) electrons. The minimum Gasteiger partial charge on any atom is -0.376 e. The number of anilines is 3. The zero-order valence-electron chi connectivity index (χ0n) is 35.6. The zero-order valence-corrected chi connectivity index (χ0v) is 35.6. The average molecular weight is 837 g/mol. The number of piperidine rings is 1. The van der Waals surface area contributed by atoms with E-state index in [1.807, 2.05) is 12.3 Å². The van der Waals surface area contributed by atoms with Crippen LogP contribution in [0.5, 0.6) is 0 Å². The van der Waals surface area contributed by atoms with Crippen molar-refractivity contribution in [1.29, 1.82) is 0 Å². The van der Waals surface area contributed by atoms with Crippen molar-refractivity contribution in [2.45, 2.75) is 95.9 Å². The number of aliphatic imine (C=N–C) groups is 2. The van der Waals surface area contributed by atoms with E-state index in [9.17, 15) is 9.59 Å². The molecule has 3 aromatic heterocycles. The molecule has 0 aromatic carbocycles. The summed E-state index contributed by atoms with van der Waals surface area (Å²) in [5.74, 6) is 3.05. The van der Waals surface area contributed by atoms with Gasteiger partial charge in [0.25, 0.3) is 0 Å². The Balaban J connectivity index is 0.925. The number of hydrogen-bond donors (Lipinski definition) is 6. The summed E-state index contributed by atoms with van der Waals surface area (Å²) < 4.78 is 12.5. The third kappa shape index (κ3) is 11.7. The maximum Gasteiger partial charge on any atom is 0.229 e. The average Bonchev–Trinajstić information content (AvgIpc) is 3.81. The van der Waals surface area contributed by atoms with Crippen molar-refractivity contribution in [1.82, 2.24) is 45.9 Å². The molecule has 4 fully saturated rings. The summed E-state index contributed by atoms with van der Waals surface area (Å²) in [5.41, 5.74) is 1.29. The molecule has 61 heavy (non-hydrogen) atoms. The van der Waals surface area contributed by atoms with Crippen LogP contribution < -0.4 is 31.9 Å². The highest BCUT2D eigenvalue weighted by molar-refractivity contribution is 6.03. The van der Waals surface area contributed by atoms with Gasteiger partial charge in [-0.1, -0.05) is 0 Å². The minimum atomic E-state index is -0.476. The molecule has 4 unspecified atom stereocenters. The number of aromatic nitrogens is 6. The molecule has 2 amide bonds. The molecular formula is C43H60N14O4. The van der Waals surface area contributed by atoms with Crippen LogP contribution in [-0.2, 0) is 25.5 Å². The monoisotopic (exact) mass is 836 g/mol. The van der Waals surface area contributed by atoms with Crippen LogP contribution in [0.3, 0.4) is 0 Å². The van der Waals surface area contributed by atoms with Gasteiger partial charge < -0.3 is 36.1 Å². The Bertz CT molecular complexity index is 2070. The standard InChI is InChI=1S/C43H60N14O4/c1-42(2)18-27(8-13-60-42)21-48-35-15-31(53-39(55-35)33-17-37(52-26-50-33)57-41(59)30-6-11-45-24-30)20-43(3)19-28(9-14-61-43)22-47-34-7-12-46-38(54-34)32-16-36(51-25-49-32)56-40(58)29-5-4-10-44-23-29/h12,15-17,25-30,34,44-45,47H,4-11,13-14,18-24H2,1-3H3,(H,48,53,55)(H,49,51,56,58)(H,50,52,57,59)/t27?,28?,29-,30-,34?,43?/m1/s1. The first-order valence-corrected chi connectivity index (χ1v) is 22.0. The van der Waals surface area contributed by atoms with Gasteiger partial charge in [0.1, 0.15) is 47.7 Å². The van der Waals surface area contributed by atoms with Gasteiger partial charge in [-0.15, -0.1) is 0 Å². The molecule has 18 heteroatoms. The van der Waals surface area contributed by atoms with Crippen molar-refractivity contribution in [3.8, 4) is 11.5 Å². The lowest BCUT2D eigenvalue weighted by atomic mass is 9.84. The lowest BCUT2D eigenvalue weighted by Crippen LogP contribution is -2.43. The van der Waals surface area contributed by atoms with Crippen molar-refractivity contribution in [2.75, 3.05) is 68.4 Å². The maximum atomic E-state index is 12.9. The Hall–Kier alpha value is -4.88. The minimum absolute atomic E-state index is 0.0418. The first-order valence-electron chi connectivity index (χ1n) is 22.0. The molecule has 8 rings (SSSR count). The van der Waals surface area contributed by atoms with E-state index in [1.54, 1.807) is 12.1 Å². The Morgan fingerprint density at radius 2 is 1.48 bits per heavy atom. The van der Waals surface area contributed by atoms with Gasteiger partial charge in [0.05, 0.1) is 23.0 Å². The molecule has 0 spiro atoms. The summed E-state index contributed by atoms with van der Waals surface area (Å²) in [6, 6.07) is 5.50. The second-order valence-corrected chi connectivity index (χ2v) is 18.0. The number of amidine groups is 1. The fraction of sp³-hybridized carbons (Fsp3) is 0.628. The third-order valence-electron chi connectivity index (χ3n) is 12.3. The predicted octanol–water partition coefficient (Wildman–Crippen LogP) is 3.39. The largest absolute Gasteiger partial charge is 0.376 e. The van der Waals surface area contributed by atoms with E-state index in [0.717, 1.165) is 89.2 Å². The van der Waals surface area contributed by atoms with Gasteiger partial charge in [-0.05, 0) is 90.6 Å². The second kappa shape index (κ2) is 19.4. The van der Waals surface area contributed by atoms with Crippen molar-refractivity contribution >= 4 is 41.3 Å². The van der Waals surface area contributed by atoms with Crippen LogP contribution in [0.15, 0.2) is 40.8 Å². The molecule has 6 atom stereocenters. The van der Waals surface area contributed by atoms with Gasteiger partial charge in [0, 0.05) is 82.3 Å². The highest BCUT2D eigenvalue weighted by Crippen LogP contribution is 2.33. The summed E-state index contributed by atoms with van der Waals surface area (Å²) in [4.78, 5) is 62.7. The lowest BCUT2D eigenvalue weighted by Gasteiger charge is -2.39. The number of rotatable bonds is 14. The molecular weight excluding hydrogens is 777 g/mol. The Labute approximate surface area is 357 Å². The van der Waals surface area contributed by atoms with Crippen LogP contribution in [0.25, 0.3) is 11.5 Å². The smallest absolute Gasteiger partial charge is 0.229 e. The van der Waals surface area contributed by atoms with Crippen molar-refractivity contribution in [2.24, 2.45) is 33.7 Å². The topological polar surface area (TPSA) is 227 Å². The number of ether oxygens (including phenoxy) is 2. The summed E-state index contributed by atoms with van der Waals surface area (Å²) in [5, 5.41) is 19.7. The molecule has 5 aliphatic rings. The molecule has 6 N–H and O–H groups in total. The molecule has 3 aromatic rings. The van der Waals surface area contributed by atoms with Gasteiger partial charge in [0.15, 0.2) is 11.7 Å². The van der Waals surface area contributed by atoms with Crippen LogP contribution >= 0.6 is 0 Å². The molecule has 326 valence electrons. The highest BCUT2D eigenvalue weighted by Gasteiger charge is 2.35. The summed E-state index contributed by atoms with van der Waals surface area (Å²) in [6.07, 6.45) is 12.1. The van der Waals surface area contributed by atoms with Gasteiger partial charge in [-0.3, -0.25) is 14.9 Å². The zero-order chi connectivity index (χ0) is 42.2. The van der Waals surface area contributed by atoms with Crippen molar-refractivity contribution in [3.05, 3.63) is 42.2 Å². The fourth-order valence-corrected chi connectivity index (χ4v) is 9.04. The van der Waals surface area contributed by atoms with Gasteiger partial charge >= 0.3 is 0 Å². The fourth-order valence-electron chi connectivity index (χ4n) is 9.04. The van der Waals surface area contributed by atoms with Crippen molar-refractivity contribution < 1.29 is 19.1 Å². The van der Waals surface area contributed by atoms with E-state index < -0.39 is 5.60 Å². The SMILES string of the molecule is CC1(C)CC(CNc2cc(CC3(C)CC(CNC4CC=NC(c5cc(NC(=O)[C@@H]6CCCNC6)ncn5)=N4)CCO3)nc(-c3cc(NC(=O)[C@@H]4CCNC4)ncn3)n2)CCO1. The molecule has 4 saturated heterocycles. The number of nitrogens with zero attached hydrogens (tertiary/aromatic N) is 8. The molecule has 0 bridgehead atoms. The van der Waals surface area contributed by atoms with Crippen molar-refractivity contribution in [3.63, 3.8) is 0 Å². The lowest BCUT2D eigenvalue weighted by molar-refractivity contribution is -0.120. The van der Waals surface area contributed by atoms with E-state index >= 15 is 0 Å². The van der Waals surface area contributed by atoms with E-state index in [4.69, 9.17) is 24.4 Å². The molecule has 18 nitrogen and oxygen atoms in total. The maximum absolute atomic E-state index is 12.9. The van der Waals surface area contributed by atoms with Crippen LogP contribution in [0.1, 0.15) is 83.5 Å². The van der Waals surface area contributed by atoms with Gasteiger partial charge in [0.2, 0.25) is 11.8 Å². The summed E-state index contributed by atoms with van der Waals surface area (Å²) >= 11 is 0. The van der Waals surface area contributed by atoms with Crippen LogP contribution in [0, 0.1) is 23.7 Å². The van der Waals surface area contributed by atoms with E-state index in [-0.39, 0.29) is 35.4 Å². The molecule has 8 heterocycles. The third-order valence-corrected chi connectivity index (χ3v) is 12.3. The van der Waals surface area contributed by atoms with Crippen LogP contribution in [0.4, 0.5) is 17.5 Å². The first-order chi connectivity index (χ1) is 29.5. The quantitative estimate of drug-likeness (QED) is 0.137. The van der Waals surface area contributed by atoms with E-state index in [2.05, 4.69) is 77.6 Å². The second-order valence-electron chi connectivity index (χ2n) is 18.0. The molecule has 0 aliphatic carbocycles. The van der Waals surface area contributed by atoms with E-state index in [0.29, 0.717) is 79.1 Å². The van der Waals surface area contributed by atoms with Crippen LogP contribution in [-0.4, -0.2) is 124 Å². The van der Waals surface area contributed by atoms with Crippen LogP contribution in [0.2, 0.25) is 0 Å². The van der Waals surface area contributed by atoms with Gasteiger partial charge in [-0.2, -0.15) is 0 Å². The normalized spacial score (nSPS) is 27.5. The Morgan fingerprint density at radius 1 is 0.770 bits per heavy atom. The number of hydrogen-bond acceptors (Lipinski definition) is 16. The molecule has 5 aliphatic heterocycles. The van der Waals surface area contributed by atoms with E-state index in [1.165, 1.54) is 12.7 Å². The van der Waals surface area contributed by atoms with Gasteiger partial charge in [-0.25, -0.2) is 39.9 Å². The summed E-state index contributed by atoms with van der Waals surface area (Å²) in [7, 11) is 0. The number of carbonyl (C=O) groups excluding carboxylic acids is 2. The number of nitrogens with one attached hydrogen (secondary N) is 6. The summed E-state index contributed by atoms with van der Waals surface area (Å²) in [6.45, 7) is 12.4. The first kappa shape index (κ1) is 42.8. The number of carbonyl (C=O) groups is 2. The molecule has 0 saturated carbocycles. The Kier molecular flexibility index (Phi) is 13.6. The number of amides is 2. The Morgan fingerprint density at radius 3 is 2.20 bits per heavy atom. The predicted molar refractivity (Wildman–Crippen MR) is 232 cm³/mol.